The summed E-state index contributed by atoms with van der Waals surface area (Å²) in [6, 6.07) is 0. The Hall–Kier alpha value is -0.580. The average Bonchev–Trinajstić information content (AvgIpc) is 2.94. The highest BCUT2D eigenvalue weighted by atomic mass is 32.2. The van der Waals surface area contributed by atoms with E-state index in [1.807, 2.05) is 13.8 Å². The zero-order valence-corrected chi connectivity index (χ0v) is 10.1. The van der Waals surface area contributed by atoms with Crippen LogP contribution in [0.4, 0.5) is 0 Å². The van der Waals surface area contributed by atoms with Gasteiger partial charge in [0.1, 0.15) is 0 Å². The van der Waals surface area contributed by atoms with Crippen LogP contribution in [-0.4, -0.2) is 19.1 Å². The van der Waals surface area contributed by atoms with E-state index in [4.69, 9.17) is 0 Å². The topological polar surface area (TPSA) is 63.2 Å². The van der Waals surface area contributed by atoms with Crippen molar-refractivity contribution in [3.05, 3.63) is 0 Å². The first-order chi connectivity index (χ1) is 6.71. The van der Waals surface area contributed by atoms with Crippen molar-refractivity contribution in [3.8, 4) is 0 Å². The maximum atomic E-state index is 11.8. The molecule has 0 radical (unpaired) electrons. The summed E-state index contributed by atoms with van der Waals surface area (Å²) in [6.45, 7) is 5.46. The normalized spacial score (nSPS) is 37.1. The molecular weight excluding hydrogens is 214 g/mol. The highest BCUT2D eigenvalue weighted by Crippen LogP contribution is 2.52. The molecule has 2 rings (SSSR count). The molecule has 0 aliphatic heterocycles. The molecule has 0 bridgehead atoms. The standard InChI is InChI=1S/C10H17NO3S/c1-7-6-10(7,3)8(12)11-15(13,14)9(2)4-5-9/h7H,4-6H2,1-3H3,(H,11,12)/t7-,10+/m1/s1. The van der Waals surface area contributed by atoms with E-state index < -0.39 is 20.2 Å². The van der Waals surface area contributed by atoms with Crippen LogP contribution in [0.15, 0.2) is 0 Å². The van der Waals surface area contributed by atoms with Crippen molar-refractivity contribution >= 4 is 15.9 Å². The number of nitrogens with one attached hydrogen (secondary N) is 1. The summed E-state index contributed by atoms with van der Waals surface area (Å²) in [5.74, 6) is -0.0390. The van der Waals surface area contributed by atoms with Gasteiger partial charge in [-0.05, 0) is 32.1 Å². The maximum absolute atomic E-state index is 11.8. The van der Waals surface area contributed by atoms with Gasteiger partial charge in [-0.3, -0.25) is 9.52 Å². The molecule has 1 N–H and O–H groups in total. The van der Waals surface area contributed by atoms with Crippen molar-refractivity contribution in [1.82, 2.24) is 4.72 Å². The molecule has 2 saturated carbocycles. The van der Waals surface area contributed by atoms with Gasteiger partial charge in [0.15, 0.2) is 0 Å². The van der Waals surface area contributed by atoms with Crippen molar-refractivity contribution < 1.29 is 13.2 Å². The summed E-state index contributed by atoms with van der Waals surface area (Å²) in [6.07, 6.45) is 2.09. The van der Waals surface area contributed by atoms with Gasteiger partial charge in [0.25, 0.3) is 0 Å². The molecular formula is C10H17NO3S. The monoisotopic (exact) mass is 231 g/mol. The van der Waals surface area contributed by atoms with Gasteiger partial charge < -0.3 is 0 Å². The van der Waals surface area contributed by atoms with Crippen LogP contribution in [0.3, 0.4) is 0 Å². The lowest BCUT2D eigenvalue weighted by molar-refractivity contribution is -0.124. The molecule has 2 atom stereocenters. The fraction of sp³-hybridized carbons (Fsp3) is 0.900. The van der Waals surface area contributed by atoms with Gasteiger partial charge in [-0.25, -0.2) is 8.42 Å². The second kappa shape index (κ2) is 2.75. The maximum Gasteiger partial charge on any atom is 0.240 e. The molecule has 4 nitrogen and oxygen atoms in total. The summed E-state index contributed by atoms with van der Waals surface area (Å²) in [4.78, 5) is 11.7. The van der Waals surface area contributed by atoms with Crippen LogP contribution >= 0.6 is 0 Å². The molecule has 5 heteroatoms. The smallest absolute Gasteiger partial charge is 0.240 e. The third-order valence-electron chi connectivity index (χ3n) is 4.01. The van der Waals surface area contributed by atoms with Crippen LogP contribution in [-0.2, 0) is 14.8 Å². The van der Waals surface area contributed by atoms with Crippen LogP contribution in [0.25, 0.3) is 0 Å². The largest absolute Gasteiger partial charge is 0.273 e. The Morgan fingerprint density at radius 1 is 1.33 bits per heavy atom. The molecule has 0 unspecified atom stereocenters. The number of carbonyl (C=O) groups excluding carboxylic acids is 1. The number of amides is 1. The Morgan fingerprint density at radius 2 is 1.80 bits per heavy atom. The van der Waals surface area contributed by atoms with Crippen LogP contribution in [0.5, 0.6) is 0 Å². The Balaban J connectivity index is 2.07. The molecule has 2 aliphatic carbocycles. The lowest BCUT2D eigenvalue weighted by atomic mass is 10.1. The predicted octanol–water partition coefficient (Wildman–Crippen LogP) is 1.03. The van der Waals surface area contributed by atoms with Crippen molar-refractivity contribution in [1.29, 1.82) is 0 Å². The molecule has 2 aliphatic rings. The van der Waals surface area contributed by atoms with Gasteiger partial charge in [0.05, 0.1) is 10.2 Å². The molecule has 0 saturated heterocycles. The minimum Gasteiger partial charge on any atom is -0.273 e. The quantitative estimate of drug-likeness (QED) is 0.789. The highest BCUT2D eigenvalue weighted by Gasteiger charge is 2.57. The first-order valence-electron chi connectivity index (χ1n) is 5.28. The number of rotatable bonds is 3. The van der Waals surface area contributed by atoms with Gasteiger partial charge in [0, 0.05) is 0 Å². The van der Waals surface area contributed by atoms with Crippen LogP contribution in [0.1, 0.15) is 40.0 Å². The van der Waals surface area contributed by atoms with Crippen molar-refractivity contribution in [2.45, 2.75) is 44.8 Å². The number of hydrogen-bond acceptors (Lipinski definition) is 3. The van der Waals surface area contributed by atoms with E-state index in [0.29, 0.717) is 18.8 Å². The van der Waals surface area contributed by atoms with E-state index in [-0.39, 0.29) is 5.91 Å². The third kappa shape index (κ3) is 1.57. The van der Waals surface area contributed by atoms with E-state index in [1.165, 1.54) is 0 Å². The van der Waals surface area contributed by atoms with E-state index in [2.05, 4.69) is 4.72 Å². The Morgan fingerprint density at radius 3 is 2.13 bits per heavy atom. The molecule has 0 aromatic carbocycles. The average molecular weight is 231 g/mol. The zero-order valence-electron chi connectivity index (χ0n) is 9.33. The van der Waals surface area contributed by atoms with Crippen LogP contribution in [0.2, 0.25) is 0 Å². The number of hydrogen-bond donors (Lipinski definition) is 1. The SMILES string of the molecule is C[C@@H]1C[C@]1(C)C(=O)NS(=O)(=O)C1(C)CC1. The van der Waals surface area contributed by atoms with Crippen LogP contribution < -0.4 is 4.72 Å². The molecule has 0 spiro atoms. The Bertz CT molecular complexity index is 410. The predicted molar refractivity (Wildman–Crippen MR) is 56.6 cm³/mol. The molecule has 2 fully saturated rings. The van der Waals surface area contributed by atoms with Crippen molar-refractivity contribution in [3.63, 3.8) is 0 Å². The molecule has 1 amide bonds. The fourth-order valence-corrected chi connectivity index (χ4v) is 3.06. The second-order valence-corrected chi connectivity index (χ2v) is 7.60. The van der Waals surface area contributed by atoms with Crippen molar-refractivity contribution in [2.75, 3.05) is 0 Å². The van der Waals surface area contributed by atoms with Gasteiger partial charge in [-0.15, -0.1) is 0 Å². The zero-order chi connectivity index (χ0) is 11.5. The lowest BCUT2D eigenvalue weighted by Crippen LogP contribution is -2.41. The minimum absolute atomic E-state index is 0.291. The molecule has 86 valence electrons. The van der Waals surface area contributed by atoms with Gasteiger partial charge >= 0.3 is 0 Å². The summed E-state index contributed by atoms with van der Waals surface area (Å²) in [5.41, 5.74) is -0.460. The summed E-state index contributed by atoms with van der Waals surface area (Å²) < 4.78 is 25.1. The first kappa shape index (κ1) is 10.9. The van der Waals surface area contributed by atoms with Crippen molar-refractivity contribution in [2.24, 2.45) is 11.3 Å². The molecule has 15 heavy (non-hydrogen) atoms. The molecule has 0 heterocycles. The molecule has 0 aromatic rings. The highest BCUT2D eigenvalue weighted by molar-refractivity contribution is 7.91. The van der Waals surface area contributed by atoms with Gasteiger partial charge in [-0.2, -0.15) is 0 Å². The minimum atomic E-state index is -3.45. The van der Waals surface area contributed by atoms with E-state index >= 15 is 0 Å². The number of sulfonamides is 1. The van der Waals surface area contributed by atoms with E-state index in [0.717, 1.165) is 6.42 Å². The fourth-order valence-electron chi connectivity index (χ4n) is 1.70. The first-order valence-corrected chi connectivity index (χ1v) is 6.76. The van der Waals surface area contributed by atoms with Gasteiger partial charge in [0.2, 0.25) is 15.9 Å². The van der Waals surface area contributed by atoms with Gasteiger partial charge in [-0.1, -0.05) is 13.8 Å². The van der Waals surface area contributed by atoms with Crippen LogP contribution in [0, 0.1) is 11.3 Å². The summed E-state index contributed by atoms with van der Waals surface area (Å²) in [5, 5.41) is 0. The second-order valence-electron chi connectivity index (χ2n) is 5.41. The summed E-state index contributed by atoms with van der Waals surface area (Å²) >= 11 is 0. The molecule has 0 aromatic heterocycles. The number of carbonyl (C=O) groups is 1. The van der Waals surface area contributed by atoms with E-state index in [9.17, 15) is 13.2 Å². The third-order valence-corrected chi connectivity index (χ3v) is 6.17. The van der Waals surface area contributed by atoms with E-state index in [1.54, 1.807) is 6.92 Å². The lowest BCUT2D eigenvalue weighted by Gasteiger charge is -2.15. The Labute approximate surface area is 90.5 Å². The Kier molecular flexibility index (Phi) is 2.00. The summed E-state index contributed by atoms with van der Waals surface area (Å²) in [7, 11) is -3.45.